The SMILES string of the molecule is N#C[Se]CCO. The molecule has 0 fully saturated rings. The maximum atomic E-state index is 8.06. The van der Waals surface area contributed by atoms with Crippen LogP contribution < -0.4 is 0 Å². The monoisotopic (exact) mass is 151 g/mol. The predicted molar refractivity (Wildman–Crippen MR) is 23.3 cm³/mol. The Morgan fingerprint density at radius 3 is 2.67 bits per heavy atom. The van der Waals surface area contributed by atoms with E-state index in [-0.39, 0.29) is 21.6 Å². The van der Waals surface area contributed by atoms with Gasteiger partial charge in [-0.3, -0.25) is 0 Å². The van der Waals surface area contributed by atoms with Gasteiger partial charge in [0.1, 0.15) is 0 Å². The van der Waals surface area contributed by atoms with E-state index in [1.165, 1.54) is 0 Å². The molecule has 6 heavy (non-hydrogen) atoms. The van der Waals surface area contributed by atoms with Gasteiger partial charge in [0, 0.05) is 0 Å². The van der Waals surface area contributed by atoms with Gasteiger partial charge in [0.15, 0.2) is 0 Å². The number of aliphatic hydroxyl groups is 1. The molecule has 0 saturated carbocycles. The van der Waals surface area contributed by atoms with Crippen molar-refractivity contribution in [1.82, 2.24) is 0 Å². The molecular weight excluding hydrogens is 145 g/mol. The molecule has 0 aromatic carbocycles. The van der Waals surface area contributed by atoms with E-state index in [1.807, 2.05) is 4.97 Å². The summed E-state index contributed by atoms with van der Waals surface area (Å²) < 4.78 is 0. The maximum absolute atomic E-state index is 8.06. The normalized spacial score (nSPS) is 7.33. The summed E-state index contributed by atoms with van der Waals surface area (Å²) in [6, 6.07) is 0. The van der Waals surface area contributed by atoms with Gasteiger partial charge in [-0.05, 0) is 0 Å². The van der Waals surface area contributed by atoms with Crippen molar-refractivity contribution in [2.75, 3.05) is 6.61 Å². The van der Waals surface area contributed by atoms with E-state index in [0.717, 1.165) is 0 Å². The summed E-state index contributed by atoms with van der Waals surface area (Å²) in [6.07, 6.45) is 0. The number of rotatable bonds is 2. The molecule has 0 bridgehead atoms. The molecule has 0 radical (unpaired) electrons. The quantitative estimate of drug-likeness (QED) is 0.429. The first-order valence-corrected chi connectivity index (χ1v) is 3.60. The van der Waals surface area contributed by atoms with Gasteiger partial charge in [-0.15, -0.1) is 0 Å². The second kappa shape index (κ2) is 4.97. The molecule has 34 valence electrons. The molecule has 0 aromatic rings. The van der Waals surface area contributed by atoms with Crippen molar-refractivity contribution in [3.63, 3.8) is 0 Å². The van der Waals surface area contributed by atoms with Crippen molar-refractivity contribution in [2.45, 2.75) is 5.32 Å². The average molecular weight is 150 g/mol. The summed E-state index contributed by atoms with van der Waals surface area (Å²) in [7, 11) is 0. The first kappa shape index (κ1) is 5.97. The predicted octanol–water partition coefficient (Wildman–Crippen LogP) is -0.418. The van der Waals surface area contributed by atoms with Crippen molar-refractivity contribution < 1.29 is 5.11 Å². The number of hydrogen-bond acceptors (Lipinski definition) is 2. The van der Waals surface area contributed by atoms with Gasteiger partial charge >= 0.3 is 42.2 Å². The van der Waals surface area contributed by atoms with E-state index in [2.05, 4.69) is 0 Å². The molecule has 0 saturated heterocycles. The van der Waals surface area contributed by atoms with E-state index in [1.54, 1.807) is 0 Å². The van der Waals surface area contributed by atoms with Gasteiger partial charge in [-0.1, -0.05) is 0 Å². The molecule has 0 unspecified atom stereocenters. The van der Waals surface area contributed by atoms with E-state index < -0.39 is 0 Å². The Hall–Kier alpha value is -0.0305. The molecule has 1 N–H and O–H groups in total. The summed E-state index contributed by atoms with van der Waals surface area (Å²) in [5.74, 6) is 0. The second-order valence-electron chi connectivity index (χ2n) is 0.663. The zero-order valence-electron chi connectivity index (χ0n) is 3.22. The van der Waals surface area contributed by atoms with E-state index >= 15 is 0 Å². The fourth-order valence-electron chi connectivity index (χ4n) is 0.0913. The minimum absolute atomic E-state index is 0.0226. The standard InChI is InChI=1S/C3H5NOSe/c4-3-6-2-1-5/h5H,1-2H2. The van der Waals surface area contributed by atoms with Crippen LogP contribution in [0.3, 0.4) is 0 Å². The summed E-state index contributed by atoms with van der Waals surface area (Å²) in [4.78, 5) is 1.97. The van der Waals surface area contributed by atoms with E-state index in [4.69, 9.17) is 10.4 Å². The van der Waals surface area contributed by atoms with Gasteiger partial charge in [-0.2, -0.15) is 0 Å². The van der Waals surface area contributed by atoms with Crippen LogP contribution in [0.2, 0.25) is 5.32 Å². The Balaban J connectivity index is 2.54. The van der Waals surface area contributed by atoms with Crippen LogP contribution in [0.5, 0.6) is 0 Å². The topological polar surface area (TPSA) is 44.0 Å². The summed E-state index contributed by atoms with van der Waals surface area (Å²) in [6.45, 7) is 0.160. The molecule has 0 spiro atoms. The van der Waals surface area contributed by atoms with Crippen LogP contribution in [0.15, 0.2) is 0 Å². The average Bonchev–Trinajstić information content (AvgIpc) is 1.61. The molecule has 0 aliphatic carbocycles. The number of hydrogen-bond donors (Lipinski definition) is 1. The van der Waals surface area contributed by atoms with Gasteiger partial charge in [0.05, 0.1) is 0 Å². The molecule has 0 aliphatic heterocycles. The first-order chi connectivity index (χ1) is 2.91. The van der Waals surface area contributed by atoms with Crippen molar-refractivity contribution >= 4 is 15.0 Å². The van der Waals surface area contributed by atoms with Gasteiger partial charge < -0.3 is 0 Å². The van der Waals surface area contributed by atoms with Crippen LogP contribution in [0.4, 0.5) is 0 Å². The zero-order valence-corrected chi connectivity index (χ0v) is 4.93. The third kappa shape index (κ3) is 3.97. The number of aliphatic hydroxyl groups excluding tert-OH is 1. The fraction of sp³-hybridized carbons (Fsp3) is 0.667. The molecule has 3 heteroatoms. The van der Waals surface area contributed by atoms with Crippen LogP contribution in [0, 0.1) is 10.2 Å². The number of nitrogens with zero attached hydrogens (tertiary/aromatic N) is 1. The molecule has 0 atom stereocenters. The van der Waals surface area contributed by atoms with Crippen LogP contribution in [0.25, 0.3) is 0 Å². The van der Waals surface area contributed by atoms with Crippen molar-refractivity contribution in [1.29, 1.82) is 5.26 Å². The summed E-state index contributed by atoms with van der Waals surface area (Å²) in [5.41, 5.74) is 0. The zero-order chi connectivity index (χ0) is 4.83. The van der Waals surface area contributed by atoms with Gasteiger partial charge in [0.25, 0.3) is 0 Å². The Labute approximate surface area is 42.9 Å². The third-order valence-corrected chi connectivity index (χ3v) is 1.34. The molecule has 0 heterocycles. The molecule has 0 amide bonds. The van der Waals surface area contributed by atoms with Crippen LogP contribution >= 0.6 is 0 Å². The molecule has 0 aromatic heterocycles. The van der Waals surface area contributed by atoms with Crippen molar-refractivity contribution in [3.8, 4) is 4.97 Å². The summed E-state index contributed by atoms with van der Waals surface area (Å²) >= 11 is 0.0226. The Morgan fingerprint density at radius 1 is 1.83 bits per heavy atom. The Kier molecular flexibility index (Phi) is 4.94. The van der Waals surface area contributed by atoms with Gasteiger partial charge in [-0.25, -0.2) is 0 Å². The van der Waals surface area contributed by atoms with Crippen LogP contribution in [-0.4, -0.2) is 26.7 Å². The van der Waals surface area contributed by atoms with Crippen LogP contribution in [-0.2, 0) is 0 Å². The number of nitriles is 1. The van der Waals surface area contributed by atoms with E-state index in [9.17, 15) is 0 Å². The van der Waals surface area contributed by atoms with Crippen molar-refractivity contribution in [3.05, 3.63) is 0 Å². The van der Waals surface area contributed by atoms with Crippen LogP contribution in [0.1, 0.15) is 0 Å². The fourth-order valence-corrected chi connectivity index (χ4v) is 0.474. The molecule has 2 nitrogen and oxygen atoms in total. The van der Waals surface area contributed by atoms with E-state index in [0.29, 0.717) is 5.32 Å². The molecular formula is C3H5NOSe. The van der Waals surface area contributed by atoms with Gasteiger partial charge in [0.2, 0.25) is 0 Å². The Morgan fingerprint density at radius 2 is 2.50 bits per heavy atom. The first-order valence-electron chi connectivity index (χ1n) is 1.53. The second-order valence-corrected chi connectivity index (χ2v) is 2.51. The third-order valence-electron chi connectivity index (χ3n) is 0.258. The minimum atomic E-state index is 0.0226. The summed E-state index contributed by atoms with van der Waals surface area (Å²) in [5, 5.41) is 16.6. The molecule has 0 aliphatic rings. The Bertz CT molecular complexity index is 58.3. The molecule has 0 rings (SSSR count). The van der Waals surface area contributed by atoms with Crippen molar-refractivity contribution in [2.24, 2.45) is 0 Å².